The van der Waals surface area contributed by atoms with Gasteiger partial charge in [-0.15, -0.1) is 0 Å². The van der Waals surface area contributed by atoms with E-state index in [-0.39, 0.29) is 6.09 Å². The van der Waals surface area contributed by atoms with Gasteiger partial charge < -0.3 is 10.1 Å². The number of alkyl carbamates (subject to hydrolysis) is 1. The molecule has 0 bridgehead atoms. The van der Waals surface area contributed by atoms with Crippen LogP contribution >= 0.6 is 0 Å². The van der Waals surface area contributed by atoms with Crippen molar-refractivity contribution in [3.8, 4) is 0 Å². The van der Waals surface area contributed by atoms with E-state index in [2.05, 4.69) is 18.3 Å². The van der Waals surface area contributed by atoms with Crippen molar-refractivity contribution in [1.29, 1.82) is 0 Å². The van der Waals surface area contributed by atoms with Gasteiger partial charge in [0.15, 0.2) is 0 Å². The standard InChI is InChI=1S/C12H23NO2/c1-6-7-8-10(2)9-13-11(14)15-12(3,4)5/h8H,6-7,9H2,1-5H3,(H,13,14)/b10-8+. The van der Waals surface area contributed by atoms with E-state index in [1.54, 1.807) is 0 Å². The average molecular weight is 213 g/mol. The van der Waals surface area contributed by atoms with Crippen LogP contribution in [0.5, 0.6) is 0 Å². The number of unbranched alkanes of at least 4 members (excludes halogenated alkanes) is 1. The molecule has 0 saturated heterocycles. The van der Waals surface area contributed by atoms with E-state index in [1.165, 1.54) is 5.57 Å². The van der Waals surface area contributed by atoms with Crippen LogP contribution in [0.2, 0.25) is 0 Å². The summed E-state index contributed by atoms with van der Waals surface area (Å²) in [5, 5.41) is 2.72. The van der Waals surface area contributed by atoms with E-state index in [9.17, 15) is 4.79 Å². The summed E-state index contributed by atoms with van der Waals surface area (Å²) in [6, 6.07) is 0. The molecule has 1 N–H and O–H groups in total. The second kappa shape index (κ2) is 6.49. The van der Waals surface area contributed by atoms with Crippen LogP contribution in [0.15, 0.2) is 11.6 Å². The van der Waals surface area contributed by atoms with Gasteiger partial charge in [-0.05, 0) is 34.1 Å². The van der Waals surface area contributed by atoms with E-state index in [0.717, 1.165) is 12.8 Å². The monoisotopic (exact) mass is 213 g/mol. The van der Waals surface area contributed by atoms with Crippen LogP contribution in [0.1, 0.15) is 47.5 Å². The summed E-state index contributed by atoms with van der Waals surface area (Å²) in [7, 11) is 0. The average Bonchev–Trinajstić information content (AvgIpc) is 2.08. The van der Waals surface area contributed by atoms with Crippen molar-refractivity contribution in [2.45, 2.75) is 53.1 Å². The van der Waals surface area contributed by atoms with Gasteiger partial charge in [-0.2, -0.15) is 0 Å². The van der Waals surface area contributed by atoms with Crippen LogP contribution in [0.25, 0.3) is 0 Å². The summed E-state index contributed by atoms with van der Waals surface area (Å²) in [5.74, 6) is 0. The first-order valence-electron chi connectivity index (χ1n) is 5.47. The van der Waals surface area contributed by atoms with Crippen molar-refractivity contribution in [3.63, 3.8) is 0 Å². The minimum Gasteiger partial charge on any atom is -0.444 e. The molecule has 3 heteroatoms. The molecule has 0 aromatic rings. The molecule has 0 radical (unpaired) electrons. The molecule has 1 amide bonds. The van der Waals surface area contributed by atoms with Crippen LogP contribution in [0.4, 0.5) is 4.79 Å². The van der Waals surface area contributed by atoms with Crippen molar-refractivity contribution in [1.82, 2.24) is 5.32 Å². The molecule has 88 valence electrons. The SMILES string of the molecule is CCC/C=C(\C)CNC(=O)OC(C)(C)C. The van der Waals surface area contributed by atoms with E-state index in [0.29, 0.717) is 6.54 Å². The smallest absolute Gasteiger partial charge is 0.407 e. The lowest BCUT2D eigenvalue weighted by atomic mass is 10.2. The lowest BCUT2D eigenvalue weighted by Crippen LogP contribution is -2.33. The third kappa shape index (κ3) is 9.32. The molecule has 0 heterocycles. The maximum Gasteiger partial charge on any atom is 0.407 e. The normalized spacial score (nSPS) is 12.5. The summed E-state index contributed by atoms with van der Waals surface area (Å²) in [4.78, 5) is 11.3. The Morgan fingerprint density at radius 1 is 1.40 bits per heavy atom. The first-order chi connectivity index (χ1) is 6.85. The maximum atomic E-state index is 11.3. The van der Waals surface area contributed by atoms with Crippen LogP contribution in [-0.4, -0.2) is 18.2 Å². The van der Waals surface area contributed by atoms with Crippen molar-refractivity contribution < 1.29 is 9.53 Å². The molecule has 0 atom stereocenters. The third-order valence-corrected chi connectivity index (χ3v) is 1.69. The molecule has 0 unspecified atom stereocenters. The number of nitrogens with one attached hydrogen (secondary N) is 1. The van der Waals surface area contributed by atoms with Gasteiger partial charge in [0.2, 0.25) is 0 Å². The zero-order valence-electron chi connectivity index (χ0n) is 10.5. The number of amides is 1. The zero-order valence-corrected chi connectivity index (χ0v) is 10.5. The fourth-order valence-corrected chi connectivity index (χ4v) is 0.989. The Morgan fingerprint density at radius 2 is 2.00 bits per heavy atom. The summed E-state index contributed by atoms with van der Waals surface area (Å²) in [6.45, 7) is 10.3. The lowest BCUT2D eigenvalue weighted by Gasteiger charge is -2.19. The Morgan fingerprint density at radius 3 is 2.47 bits per heavy atom. The quantitative estimate of drug-likeness (QED) is 0.728. The van der Waals surface area contributed by atoms with Crippen molar-refractivity contribution >= 4 is 6.09 Å². The molecule has 0 aromatic heterocycles. The van der Waals surface area contributed by atoms with Crippen molar-refractivity contribution in [2.24, 2.45) is 0 Å². The third-order valence-electron chi connectivity index (χ3n) is 1.69. The predicted octanol–water partition coefficient (Wildman–Crippen LogP) is 3.26. The lowest BCUT2D eigenvalue weighted by molar-refractivity contribution is 0.0532. The molecular weight excluding hydrogens is 190 g/mol. The second-order valence-electron chi connectivity index (χ2n) is 4.69. The Labute approximate surface area is 92.9 Å². The number of carbonyl (C=O) groups excluding carboxylic acids is 1. The van der Waals surface area contributed by atoms with Gasteiger partial charge in [0.25, 0.3) is 0 Å². The predicted molar refractivity (Wildman–Crippen MR) is 62.9 cm³/mol. The molecule has 0 aromatic carbocycles. The van der Waals surface area contributed by atoms with Gasteiger partial charge in [0, 0.05) is 6.54 Å². The van der Waals surface area contributed by atoms with E-state index in [4.69, 9.17) is 4.74 Å². The molecule has 0 saturated carbocycles. The van der Waals surface area contributed by atoms with E-state index >= 15 is 0 Å². The minimum absolute atomic E-state index is 0.355. The van der Waals surface area contributed by atoms with Gasteiger partial charge in [-0.25, -0.2) is 4.79 Å². The van der Waals surface area contributed by atoms with Crippen LogP contribution in [-0.2, 0) is 4.74 Å². The van der Waals surface area contributed by atoms with Crippen LogP contribution in [0, 0.1) is 0 Å². The highest BCUT2D eigenvalue weighted by Gasteiger charge is 2.15. The van der Waals surface area contributed by atoms with Gasteiger partial charge in [-0.1, -0.05) is 25.0 Å². The molecule has 0 aliphatic heterocycles. The van der Waals surface area contributed by atoms with E-state index in [1.807, 2.05) is 27.7 Å². The highest BCUT2D eigenvalue weighted by Crippen LogP contribution is 2.06. The molecule has 0 fully saturated rings. The fraction of sp³-hybridized carbons (Fsp3) is 0.750. The van der Waals surface area contributed by atoms with Gasteiger partial charge in [0.1, 0.15) is 5.60 Å². The maximum absolute atomic E-state index is 11.3. The van der Waals surface area contributed by atoms with Crippen molar-refractivity contribution in [3.05, 3.63) is 11.6 Å². The molecule has 0 spiro atoms. The summed E-state index contributed by atoms with van der Waals surface area (Å²) in [5.41, 5.74) is 0.744. The first kappa shape index (κ1) is 14.0. The highest BCUT2D eigenvalue weighted by atomic mass is 16.6. The topological polar surface area (TPSA) is 38.3 Å². The fourth-order valence-electron chi connectivity index (χ4n) is 0.989. The number of carbonyl (C=O) groups is 1. The van der Waals surface area contributed by atoms with Crippen molar-refractivity contribution in [2.75, 3.05) is 6.54 Å². The molecular formula is C12H23NO2. The Balaban J connectivity index is 3.81. The van der Waals surface area contributed by atoms with Gasteiger partial charge >= 0.3 is 6.09 Å². The number of allylic oxidation sites excluding steroid dienone is 1. The van der Waals surface area contributed by atoms with Crippen LogP contribution in [0.3, 0.4) is 0 Å². The van der Waals surface area contributed by atoms with Gasteiger partial charge in [-0.3, -0.25) is 0 Å². The number of hydrogen-bond donors (Lipinski definition) is 1. The molecule has 15 heavy (non-hydrogen) atoms. The summed E-state index contributed by atoms with van der Waals surface area (Å²) < 4.78 is 5.12. The minimum atomic E-state index is -0.425. The number of ether oxygens (including phenoxy) is 1. The molecule has 3 nitrogen and oxygen atoms in total. The number of hydrogen-bond acceptors (Lipinski definition) is 2. The summed E-state index contributed by atoms with van der Waals surface area (Å²) >= 11 is 0. The molecule has 0 aliphatic rings. The summed E-state index contributed by atoms with van der Waals surface area (Å²) in [6.07, 6.45) is 3.97. The highest BCUT2D eigenvalue weighted by molar-refractivity contribution is 5.67. The Bertz CT molecular complexity index is 226. The molecule has 0 rings (SSSR count). The second-order valence-corrected chi connectivity index (χ2v) is 4.69. The number of rotatable bonds is 4. The van der Waals surface area contributed by atoms with Gasteiger partial charge in [0.05, 0.1) is 0 Å². The van der Waals surface area contributed by atoms with E-state index < -0.39 is 5.60 Å². The zero-order chi connectivity index (χ0) is 11.9. The first-order valence-corrected chi connectivity index (χ1v) is 5.47. The largest absolute Gasteiger partial charge is 0.444 e. The Hall–Kier alpha value is -0.990. The molecule has 0 aliphatic carbocycles. The van der Waals surface area contributed by atoms with Crippen LogP contribution < -0.4 is 5.32 Å². The Kier molecular flexibility index (Phi) is 6.06.